The van der Waals surface area contributed by atoms with E-state index in [0.29, 0.717) is 25.6 Å². The number of anilines is 1. The van der Waals surface area contributed by atoms with Crippen molar-refractivity contribution in [3.05, 3.63) is 17.6 Å². The second kappa shape index (κ2) is 6.67. The maximum absolute atomic E-state index is 5.97. The van der Waals surface area contributed by atoms with Gasteiger partial charge in [0.15, 0.2) is 5.82 Å². The molecule has 0 amide bonds. The van der Waals surface area contributed by atoms with Crippen molar-refractivity contribution >= 4 is 16.9 Å². The summed E-state index contributed by atoms with van der Waals surface area (Å²) < 4.78 is 7.67. The van der Waals surface area contributed by atoms with Crippen LogP contribution in [0.1, 0.15) is 31.3 Å². The van der Waals surface area contributed by atoms with Gasteiger partial charge in [-0.3, -0.25) is 0 Å². The summed E-state index contributed by atoms with van der Waals surface area (Å²) in [5, 5.41) is 0. The lowest BCUT2D eigenvalue weighted by atomic mass is 10.3. The second-order valence-corrected chi connectivity index (χ2v) is 4.83. The molecule has 0 radical (unpaired) electrons. The number of ether oxygens (including phenoxy) is 1. The summed E-state index contributed by atoms with van der Waals surface area (Å²) in [7, 11) is 0. The molecular weight excluding hydrogens is 254 g/mol. The lowest BCUT2D eigenvalue weighted by molar-refractivity contribution is 0.126. The summed E-state index contributed by atoms with van der Waals surface area (Å²) in [6.45, 7) is 6.65. The number of hydrogen-bond donors (Lipinski definition) is 2. The van der Waals surface area contributed by atoms with Crippen LogP contribution in [0.15, 0.2) is 6.07 Å². The van der Waals surface area contributed by atoms with E-state index in [1.165, 1.54) is 0 Å². The summed E-state index contributed by atoms with van der Waals surface area (Å²) in [5.41, 5.74) is 14.2. The van der Waals surface area contributed by atoms with Crippen molar-refractivity contribution in [2.45, 2.75) is 39.8 Å². The fourth-order valence-corrected chi connectivity index (χ4v) is 2.29. The Balaban J connectivity index is 2.41. The molecule has 0 spiro atoms. The third kappa shape index (κ3) is 3.08. The smallest absolute Gasteiger partial charge is 0.151 e. The molecule has 0 aliphatic carbocycles. The zero-order valence-electron chi connectivity index (χ0n) is 12.2. The van der Waals surface area contributed by atoms with E-state index in [4.69, 9.17) is 16.2 Å². The van der Waals surface area contributed by atoms with Crippen LogP contribution in [0.3, 0.4) is 0 Å². The van der Waals surface area contributed by atoms with Crippen LogP contribution in [0.4, 0.5) is 5.82 Å². The largest absolute Gasteiger partial charge is 0.382 e. The fraction of sp³-hybridized carbons (Fsp3) is 0.571. The molecule has 0 aromatic carbocycles. The van der Waals surface area contributed by atoms with Crippen LogP contribution in [0.2, 0.25) is 0 Å². The van der Waals surface area contributed by atoms with Crippen molar-refractivity contribution in [1.82, 2.24) is 14.5 Å². The minimum absolute atomic E-state index is 0.482. The number of aromatic nitrogens is 3. The summed E-state index contributed by atoms with van der Waals surface area (Å²) in [6.07, 6.45) is 2.01. The maximum Gasteiger partial charge on any atom is 0.151 e. The van der Waals surface area contributed by atoms with Gasteiger partial charge in [-0.05, 0) is 39.3 Å². The summed E-state index contributed by atoms with van der Waals surface area (Å²) >= 11 is 0. The number of nitrogens with two attached hydrogens (primary N) is 2. The topological polar surface area (TPSA) is 92.0 Å². The van der Waals surface area contributed by atoms with Gasteiger partial charge in [0.2, 0.25) is 0 Å². The van der Waals surface area contributed by atoms with Gasteiger partial charge in [-0.25, -0.2) is 9.97 Å². The van der Waals surface area contributed by atoms with Crippen LogP contribution in [0.25, 0.3) is 11.0 Å². The van der Waals surface area contributed by atoms with Crippen molar-refractivity contribution in [3.63, 3.8) is 0 Å². The highest BCUT2D eigenvalue weighted by atomic mass is 16.5. The number of nitrogen functional groups attached to an aromatic ring is 1. The van der Waals surface area contributed by atoms with Crippen LogP contribution < -0.4 is 11.5 Å². The molecule has 110 valence electrons. The summed E-state index contributed by atoms with van der Waals surface area (Å²) in [6, 6.07) is 2.02. The molecule has 2 rings (SSSR count). The summed E-state index contributed by atoms with van der Waals surface area (Å²) in [4.78, 5) is 8.86. The Morgan fingerprint density at radius 1 is 1.30 bits per heavy atom. The lowest BCUT2D eigenvalue weighted by Gasteiger charge is -2.09. The third-order valence-electron chi connectivity index (χ3n) is 3.24. The quantitative estimate of drug-likeness (QED) is 0.750. The number of unbranched alkanes of at least 4 members (excludes halogenated alkanes) is 1. The highest BCUT2D eigenvalue weighted by molar-refractivity contribution is 5.85. The SMILES string of the molecule is CCOCc1nc2c(N)nc(C)cc2n1CCCCN. The van der Waals surface area contributed by atoms with Gasteiger partial charge in [-0.15, -0.1) is 0 Å². The summed E-state index contributed by atoms with van der Waals surface area (Å²) in [5.74, 6) is 1.38. The monoisotopic (exact) mass is 277 g/mol. The lowest BCUT2D eigenvalue weighted by Crippen LogP contribution is -2.08. The van der Waals surface area contributed by atoms with E-state index in [2.05, 4.69) is 14.5 Å². The van der Waals surface area contributed by atoms with Crippen molar-refractivity contribution in [1.29, 1.82) is 0 Å². The Kier molecular flexibility index (Phi) is 4.92. The van der Waals surface area contributed by atoms with Crippen molar-refractivity contribution < 1.29 is 4.74 Å². The molecule has 2 heterocycles. The molecule has 2 aromatic rings. The average Bonchev–Trinajstić information content (AvgIpc) is 2.75. The van der Waals surface area contributed by atoms with Gasteiger partial charge in [-0.1, -0.05) is 0 Å². The zero-order valence-corrected chi connectivity index (χ0v) is 12.2. The first-order chi connectivity index (χ1) is 9.67. The number of pyridine rings is 1. The Hall–Kier alpha value is -1.66. The molecule has 0 bridgehead atoms. The van der Waals surface area contributed by atoms with Crippen LogP contribution in [-0.4, -0.2) is 27.7 Å². The van der Waals surface area contributed by atoms with E-state index in [1.807, 2.05) is 19.9 Å². The predicted molar refractivity (Wildman–Crippen MR) is 80.3 cm³/mol. The van der Waals surface area contributed by atoms with Crippen LogP contribution in [0.5, 0.6) is 0 Å². The van der Waals surface area contributed by atoms with Gasteiger partial charge in [0.05, 0.1) is 5.52 Å². The van der Waals surface area contributed by atoms with E-state index in [1.54, 1.807) is 0 Å². The van der Waals surface area contributed by atoms with Gasteiger partial charge in [-0.2, -0.15) is 0 Å². The molecule has 0 unspecified atom stereocenters. The maximum atomic E-state index is 5.97. The van der Waals surface area contributed by atoms with Gasteiger partial charge in [0, 0.05) is 18.8 Å². The molecule has 0 aliphatic heterocycles. The molecule has 0 saturated heterocycles. The number of rotatable bonds is 7. The molecule has 20 heavy (non-hydrogen) atoms. The first-order valence-corrected chi connectivity index (χ1v) is 7.07. The number of imidazole rings is 1. The van der Waals surface area contributed by atoms with Gasteiger partial charge in [0.1, 0.15) is 17.9 Å². The average molecular weight is 277 g/mol. The molecule has 4 N–H and O–H groups in total. The predicted octanol–water partition coefficient (Wildman–Crippen LogP) is 1.60. The van der Waals surface area contributed by atoms with Gasteiger partial charge >= 0.3 is 0 Å². The minimum atomic E-state index is 0.482. The van der Waals surface area contributed by atoms with Gasteiger partial charge in [0.25, 0.3) is 0 Å². The van der Waals surface area contributed by atoms with Crippen molar-refractivity contribution in [2.75, 3.05) is 18.9 Å². The normalized spacial score (nSPS) is 11.3. The molecule has 2 aromatic heterocycles. The van der Waals surface area contributed by atoms with Crippen LogP contribution >= 0.6 is 0 Å². The first-order valence-electron chi connectivity index (χ1n) is 7.07. The Labute approximate surface area is 119 Å². The van der Waals surface area contributed by atoms with E-state index < -0.39 is 0 Å². The zero-order chi connectivity index (χ0) is 14.5. The molecule has 6 nitrogen and oxygen atoms in total. The minimum Gasteiger partial charge on any atom is -0.382 e. The molecule has 0 saturated carbocycles. The standard InChI is InChI=1S/C14H23N5O/c1-3-20-9-12-18-13-11(8-10(2)17-14(13)16)19(12)7-5-4-6-15/h8H,3-7,9,15H2,1-2H3,(H2,16,17). The molecular formula is C14H23N5O. The highest BCUT2D eigenvalue weighted by Crippen LogP contribution is 2.22. The Morgan fingerprint density at radius 3 is 2.80 bits per heavy atom. The Bertz CT molecular complexity index is 578. The van der Waals surface area contributed by atoms with Gasteiger partial charge < -0.3 is 20.8 Å². The van der Waals surface area contributed by atoms with Crippen LogP contribution in [0, 0.1) is 6.92 Å². The van der Waals surface area contributed by atoms with Crippen molar-refractivity contribution in [3.8, 4) is 0 Å². The van der Waals surface area contributed by atoms with E-state index >= 15 is 0 Å². The highest BCUT2D eigenvalue weighted by Gasteiger charge is 2.14. The second-order valence-electron chi connectivity index (χ2n) is 4.83. The first kappa shape index (κ1) is 14.7. The fourth-order valence-electron chi connectivity index (χ4n) is 2.29. The van der Waals surface area contributed by atoms with Crippen molar-refractivity contribution in [2.24, 2.45) is 5.73 Å². The molecule has 0 fully saturated rings. The number of aryl methyl sites for hydroxylation is 2. The Morgan fingerprint density at radius 2 is 2.10 bits per heavy atom. The van der Waals surface area contributed by atoms with E-state index in [0.717, 1.165) is 41.9 Å². The number of hydrogen-bond acceptors (Lipinski definition) is 5. The molecule has 0 aliphatic rings. The number of nitrogens with zero attached hydrogens (tertiary/aromatic N) is 3. The molecule has 0 atom stereocenters. The third-order valence-corrected chi connectivity index (χ3v) is 3.24. The number of fused-ring (bicyclic) bond motifs is 1. The van der Waals surface area contributed by atoms with E-state index in [9.17, 15) is 0 Å². The van der Waals surface area contributed by atoms with Crippen LogP contribution in [-0.2, 0) is 17.9 Å². The molecule has 6 heteroatoms. The van der Waals surface area contributed by atoms with E-state index in [-0.39, 0.29) is 0 Å².